The average molecular weight is 322 g/mol. The molecule has 0 aliphatic carbocycles. The maximum Gasteiger partial charge on any atom is 0.225 e. The maximum atomic E-state index is 11.3. The van der Waals surface area contributed by atoms with Crippen molar-refractivity contribution in [2.75, 3.05) is 10.6 Å². The summed E-state index contributed by atoms with van der Waals surface area (Å²) in [6, 6.07) is 3.58. The number of nitrogens with one attached hydrogen (secondary N) is 1. The zero-order valence-corrected chi connectivity index (χ0v) is 10.6. The third-order valence-corrected chi connectivity index (χ3v) is 2.58. The van der Waals surface area contributed by atoms with Gasteiger partial charge in [0, 0.05) is 22.4 Å². The van der Waals surface area contributed by atoms with E-state index in [2.05, 4.69) is 42.2 Å². The molecule has 1 aromatic heterocycles. The number of nitrogens with zero attached hydrogens (tertiary/aromatic N) is 1. The van der Waals surface area contributed by atoms with E-state index in [0.717, 1.165) is 16.2 Å². The van der Waals surface area contributed by atoms with Crippen LogP contribution in [0.3, 0.4) is 0 Å². The highest BCUT2D eigenvalue weighted by molar-refractivity contribution is 9.10. The van der Waals surface area contributed by atoms with Gasteiger partial charge in [-0.05, 0) is 18.6 Å². The molecule has 3 nitrogen and oxygen atoms in total. The fourth-order valence-corrected chi connectivity index (χ4v) is 1.52. The third kappa shape index (κ3) is 4.19. The molecule has 0 saturated heterocycles. The van der Waals surface area contributed by atoms with Crippen molar-refractivity contribution in [3.05, 3.63) is 22.8 Å². The van der Waals surface area contributed by atoms with E-state index in [0.29, 0.717) is 12.2 Å². The van der Waals surface area contributed by atoms with Crippen LogP contribution in [0.15, 0.2) is 22.8 Å². The summed E-state index contributed by atoms with van der Waals surface area (Å²) < 4.78 is 0.906. The molecule has 1 rings (SSSR count). The minimum Gasteiger partial charge on any atom is -0.311 e. The zero-order chi connectivity index (χ0) is 10.4. The van der Waals surface area contributed by atoms with Gasteiger partial charge in [-0.1, -0.05) is 31.9 Å². The second-order valence-electron chi connectivity index (χ2n) is 2.70. The largest absolute Gasteiger partial charge is 0.311 e. The van der Waals surface area contributed by atoms with Crippen molar-refractivity contribution in [3.8, 4) is 0 Å². The number of pyridine rings is 1. The van der Waals surface area contributed by atoms with Crippen LogP contribution >= 0.6 is 31.9 Å². The molecular formula is C9H10Br2N2O. The van der Waals surface area contributed by atoms with Crippen molar-refractivity contribution in [3.63, 3.8) is 0 Å². The van der Waals surface area contributed by atoms with E-state index in [9.17, 15) is 4.79 Å². The molecule has 0 saturated carbocycles. The minimum atomic E-state index is -0.00458. The van der Waals surface area contributed by atoms with Gasteiger partial charge < -0.3 is 5.32 Å². The summed E-state index contributed by atoms with van der Waals surface area (Å²) in [5, 5.41) is 3.56. The van der Waals surface area contributed by atoms with E-state index in [1.165, 1.54) is 0 Å². The lowest BCUT2D eigenvalue weighted by molar-refractivity contribution is -0.116. The van der Waals surface area contributed by atoms with Crippen LogP contribution < -0.4 is 5.32 Å². The van der Waals surface area contributed by atoms with Crippen LogP contribution in [0.1, 0.15) is 12.8 Å². The van der Waals surface area contributed by atoms with Crippen molar-refractivity contribution < 1.29 is 4.79 Å². The average Bonchev–Trinajstić information content (AvgIpc) is 2.15. The Kier molecular flexibility index (Phi) is 5.11. The van der Waals surface area contributed by atoms with Gasteiger partial charge >= 0.3 is 0 Å². The lowest BCUT2D eigenvalue weighted by Gasteiger charge is -2.03. The Balaban J connectivity index is 2.47. The molecule has 1 aromatic rings. The second-order valence-corrected chi connectivity index (χ2v) is 4.41. The molecule has 0 aliphatic heterocycles. The minimum absolute atomic E-state index is 0.00458. The SMILES string of the molecule is O=C(CCCBr)Nc1cc(Br)ccn1. The summed E-state index contributed by atoms with van der Waals surface area (Å²) >= 11 is 6.58. The van der Waals surface area contributed by atoms with E-state index < -0.39 is 0 Å². The molecule has 0 bridgehead atoms. The molecule has 0 aromatic carbocycles. The topological polar surface area (TPSA) is 42.0 Å². The fraction of sp³-hybridized carbons (Fsp3) is 0.333. The predicted molar refractivity (Wildman–Crippen MR) is 63.6 cm³/mol. The van der Waals surface area contributed by atoms with E-state index in [1.54, 1.807) is 12.3 Å². The van der Waals surface area contributed by atoms with E-state index in [-0.39, 0.29) is 5.91 Å². The smallest absolute Gasteiger partial charge is 0.225 e. The molecule has 0 radical (unpaired) electrons. The molecule has 0 aliphatic rings. The fourth-order valence-electron chi connectivity index (χ4n) is 0.906. The number of aromatic nitrogens is 1. The van der Waals surface area contributed by atoms with Gasteiger partial charge in [0.15, 0.2) is 0 Å². The number of carbonyl (C=O) groups is 1. The first kappa shape index (κ1) is 11.7. The molecule has 1 N–H and O–H groups in total. The molecule has 76 valence electrons. The molecule has 0 unspecified atom stereocenters. The van der Waals surface area contributed by atoms with E-state index in [1.807, 2.05) is 6.07 Å². The Hall–Kier alpha value is -0.420. The Morgan fingerprint density at radius 1 is 1.57 bits per heavy atom. The lowest BCUT2D eigenvalue weighted by atomic mass is 10.3. The van der Waals surface area contributed by atoms with Gasteiger partial charge in [0.25, 0.3) is 0 Å². The molecule has 1 heterocycles. The monoisotopic (exact) mass is 320 g/mol. The van der Waals surface area contributed by atoms with Crippen molar-refractivity contribution in [1.29, 1.82) is 0 Å². The summed E-state index contributed by atoms with van der Waals surface area (Å²) in [4.78, 5) is 15.3. The molecule has 0 spiro atoms. The number of alkyl halides is 1. The molecule has 5 heteroatoms. The van der Waals surface area contributed by atoms with E-state index in [4.69, 9.17) is 0 Å². The van der Waals surface area contributed by atoms with Gasteiger partial charge in [0.05, 0.1) is 0 Å². The first-order chi connectivity index (χ1) is 6.72. The Labute approximate surface area is 99.6 Å². The van der Waals surface area contributed by atoms with Crippen molar-refractivity contribution in [1.82, 2.24) is 4.98 Å². The summed E-state index contributed by atoms with van der Waals surface area (Å²) in [5.74, 6) is 0.578. The number of amides is 1. The van der Waals surface area contributed by atoms with E-state index >= 15 is 0 Å². The van der Waals surface area contributed by atoms with Crippen LogP contribution in [-0.2, 0) is 4.79 Å². The van der Waals surface area contributed by atoms with Gasteiger partial charge in [-0.3, -0.25) is 4.79 Å². The summed E-state index contributed by atoms with van der Waals surface area (Å²) in [6.45, 7) is 0. The van der Waals surface area contributed by atoms with Gasteiger partial charge in [0.2, 0.25) is 5.91 Å². The molecule has 1 amide bonds. The highest BCUT2D eigenvalue weighted by Crippen LogP contribution is 2.12. The number of rotatable bonds is 4. The van der Waals surface area contributed by atoms with Gasteiger partial charge in [-0.15, -0.1) is 0 Å². The van der Waals surface area contributed by atoms with Crippen LogP contribution in [-0.4, -0.2) is 16.2 Å². The normalized spacial score (nSPS) is 9.86. The van der Waals surface area contributed by atoms with Crippen molar-refractivity contribution in [2.45, 2.75) is 12.8 Å². The predicted octanol–water partition coefficient (Wildman–Crippen LogP) is 2.96. The third-order valence-electron chi connectivity index (χ3n) is 1.53. The first-order valence-electron chi connectivity index (χ1n) is 4.20. The molecule has 0 atom stereocenters. The number of halogens is 2. The van der Waals surface area contributed by atoms with Crippen LogP contribution in [0, 0.1) is 0 Å². The van der Waals surface area contributed by atoms with Crippen molar-refractivity contribution >= 4 is 43.6 Å². The van der Waals surface area contributed by atoms with Crippen LogP contribution in [0.5, 0.6) is 0 Å². The van der Waals surface area contributed by atoms with Crippen molar-refractivity contribution in [2.24, 2.45) is 0 Å². The first-order valence-corrected chi connectivity index (χ1v) is 6.11. The molecular weight excluding hydrogens is 312 g/mol. The van der Waals surface area contributed by atoms with Crippen LogP contribution in [0.2, 0.25) is 0 Å². The van der Waals surface area contributed by atoms with Crippen LogP contribution in [0.4, 0.5) is 5.82 Å². The second kappa shape index (κ2) is 6.14. The zero-order valence-electron chi connectivity index (χ0n) is 7.46. The Bertz CT molecular complexity index is 317. The standard InChI is InChI=1S/C9H10Br2N2O/c10-4-1-2-9(14)13-8-6-7(11)3-5-12-8/h3,5-6H,1-2,4H2,(H,12,13,14). The van der Waals surface area contributed by atoms with Crippen LogP contribution in [0.25, 0.3) is 0 Å². The highest BCUT2D eigenvalue weighted by atomic mass is 79.9. The quantitative estimate of drug-likeness (QED) is 0.866. The Morgan fingerprint density at radius 3 is 3.00 bits per heavy atom. The number of anilines is 1. The Morgan fingerprint density at radius 2 is 2.36 bits per heavy atom. The van der Waals surface area contributed by atoms with Gasteiger partial charge in [0.1, 0.15) is 5.82 Å². The number of hydrogen-bond donors (Lipinski definition) is 1. The maximum absolute atomic E-state index is 11.3. The number of hydrogen-bond acceptors (Lipinski definition) is 2. The lowest BCUT2D eigenvalue weighted by Crippen LogP contribution is -2.12. The summed E-state index contributed by atoms with van der Waals surface area (Å²) in [7, 11) is 0. The number of carbonyl (C=O) groups excluding carboxylic acids is 1. The van der Waals surface area contributed by atoms with Gasteiger partial charge in [-0.25, -0.2) is 4.98 Å². The van der Waals surface area contributed by atoms with Gasteiger partial charge in [-0.2, -0.15) is 0 Å². The molecule has 14 heavy (non-hydrogen) atoms. The summed E-state index contributed by atoms with van der Waals surface area (Å²) in [6.07, 6.45) is 2.99. The highest BCUT2D eigenvalue weighted by Gasteiger charge is 2.02. The summed E-state index contributed by atoms with van der Waals surface area (Å²) in [5.41, 5.74) is 0. The molecule has 0 fully saturated rings.